The van der Waals surface area contributed by atoms with Crippen molar-refractivity contribution in [1.29, 1.82) is 5.26 Å². The molecule has 0 amide bonds. The standard InChI is InChI=1S/C19H12AsN2O5/c1-26-13-4-2-3-12(8-13)17-9-16(22-27-17)18(23)20-15-6-5-11(10-21)7-14(15)19(24)25/h2-9H,1H3,(H,24,25). The van der Waals surface area contributed by atoms with Crippen LogP contribution < -0.4 is 9.09 Å². The first-order valence-corrected chi connectivity index (χ1v) is 9.54. The Hall–Kier alpha value is -3.36. The van der Waals surface area contributed by atoms with E-state index in [4.69, 9.17) is 14.5 Å². The van der Waals surface area contributed by atoms with Crippen LogP contribution in [0.5, 0.6) is 5.75 Å². The van der Waals surface area contributed by atoms with E-state index in [1.807, 2.05) is 6.07 Å². The molecule has 0 aliphatic heterocycles. The van der Waals surface area contributed by atoms with Crippen molar-refractivity contribution in [3.05, 3.63) is 65.4 Å². The van der Waals surface area contributed by atoms with Crippen LogP contribution in [0.2, 0.25) is 0 Å². The molecule has 133 valence electrons. The van der Waals surface area contributed by atoms with Crippen LogP contribution in [0, 0.1) is 11.3 Å². The molecular formula is C19H12AsN2O5. The molecule has 0 fully saturated rings. The average molecular weight is 423 g/mol. The van der Waals surface area contributed by atoms with Crippen molar-refractivity contribution in [3.8, 4) is 23.1 Å². The first-order chi connectivity index (χ1) is 13.0. The van der Waals surface area contributed by atoms with E-state index in [2.05, 4.69) is 5.16 Å². The second-order valence-electron chi connectivity index (χ2n) is 5.37. The summed E-state index contributed by atoms with van der Waals surface area (Å²) in [7, 11) is 1.55. The minimum atomic E-state index is -1.18. The molecule has 0 aliphatic rings. The van der Waals surface area contributed by atoms with Gasteiger partial charge >= 0.3 is 161 Å². The monoisotopic (exact) mass is 423 g/mol. The van der Waals surface area contributed by atoms with Gasteiger partial charge in [0.25, 0.3) is 0 Å². The fourth-order valence-electron chi connectivity index (χ4n) is 2.33. The predicted molar refractivity (Wildman–Crippen MR) is 96.3 cm³/mol. The number of hydrogen-bond donors (Lipinski definition) is 1. The Morgan fingerprint density at radius 2 is 2.04 bits per heavy atom. The second-order valence-corrected chi connectivity index (χ2v) is 7.71. The number of nitrogens with zero attached hydrogens (tertiary/aromatic N) is 2. The van der Waals surface area contributed by atoms with Crippen LogP contribution in [0.4, 0.5) is 0 Å². The number of nitriles is 1. The summed E-state index contributed by atoms with van der Waals surface area (Å²) in [6.45, 7) is 0. The Bertz CT molecular complexity index is 1070. The Kier molecular flexibility index (Phi) is 5.39. The van der Waals surface area contributed by atoms with E-state index in [9.17, 15) is 14.7 Å². The van der Waals surface area contributed by atoms with Gasteiger partial charge in [-0.25, -0.2) is 0 Å². The van der Waals surface area contributed by atoms with E-state index in [0.717, 1.165) is 0 Å². The molecule has 0 atom stereocenters. The molecule has 3 aromatic rings. The van der Waals surface area contributed by atoms with Crippen LogP contribution in [-0.2, 0) is 0 Å². The third kappa shape index (κ3) is 4.08. The third-order valence-corrected chi connectivity index (χ3v) is 5.89. The number of carbonyl (C=O) groups excluding carboxylic acids is 1. The van der Waals surface area contributed by atoms with Crippen LogP contribution >= 0.6 is 0 Å². The molecule has 1 radical (unpaired) electrons. The Morgan fingerprint density at radius 1 is 1.22 bits per heavy atom. The maximum absolute atomic E-state index is 12.5. The van der Waals surface area contributed by atoms with Gasteiger partial charge in [-0.05, 0) is 0 Å². The Labute approximate surface area is 160 Å². The van der Waals surface area contributed by atoms with Gasteiger partial charge < -0.3 is 0 Å². The molecule has 0 unspecified atom stereocenters. The van der Waals surface area contributed by atoms with E-state index in [0.29, 0.717) is 21.4 Å². The first kappa shape index (κ1) is 18.4. The number of carboxylic acid groups (broad SMARTS) is 1. The second kappa shape index (κ2) is 7.90. The number of aromatic carboxylic acids is 1. The minimum absolute atomic E-state index is 0.0427. The molecule has 0 spiro atoms. The Morgan fingerprint density at radius 3 is 2.74 bits per heavy atom. The van der Waals surface area contributed by atoms with Gasteiger partial charge in [-0.2, -0.15) is 0 Å². The Balaban J connectivity index is 1.85. The van der Waals surface area contributed by atoms with E-state index in [-0.39, 0.29) is 21.4 Å². The number of ether oxygens (including phenoxy) is 1. The summed E-state index contributed by atoms with van der Waals surface area (Å²) in [4.78, 5) is 24.0. The van der Waals surface area contributed by atoms with Crippen LogP contribution in [0.15, 0.2) is 53.1 Å². The quantitative estimate of drug-likeness (QED) is 0.604. The van der Waals surface area contributed by atoms with Crippen molar-refractivity contribution in [3.63, 3.8) is 0 Å². The number of aromatic nitrogens is 1. The van der Waals surface area contributed by atoms with Gasteiger partial charge in [0.05, 0.1) is 0 Å². The topological polar surface area (TPSA) is 113 Å². The molecule has 8 heteroatoms. The fraction of sp³-hybridized carbons (Fsp3) is 0.0526. The number of methoxy groups -OCH3 is 1. The van der Waals surface area contributed by atoms with Crippen molar-refractivity contribution in [2.45, 2.75) is 0 Å². The number of hydrogen-bond acceptors (Lipinski definition) is 6. The predicted octanol–water partition coefficient (Wildman–Crippen LogP) is 2.09. The van der Waals surface area contributed by atoms with Gasteiger partial charge in [0.15, 0.2) is 0 Å². The van der Waals surface area contributed by atoms with Crippen molar-refractivity contribution in [2.24, 2.45) is 0 Å². The molecular weight excluding hydrogens is 411 g/mol. The van der Waals surface area contributed by atoms with Crippen molar-refractivity contribution in [2.75, 3.05) is 7.11 Å². The summed E-state index contributed by atoms with van der Waals surface area (Å²) in [6, 6.07) is 14.8. The summed E-state index contributed by atoms with van der Waals surface area (Å²) in [5.41, 5.74) is 1.03. The van der Waals surface area contributed by atoms with Crippen LogP contribution in [0.1, 0.15) is 26.4 Å². The maximum atomic E-state index is 12.5. The van der Waals surface area contributed by atoms with E-state index >= 15 is 0 Å². The van der Waals surface area contributed by atoms with E-state index < -0.39 is 21.7 Å². The summed E-state index contributed by atoms with van der Waals surface area (Å²) in [5, 5.41) is 22.0. The normalized spacial score (nSPS) is 10.7. The van der Waals surface area contributed by atoms with Gasteiger partial charge in [-0.1, -0.05) is 0 Å². The molecule has 3 rings (SSSR count). The summed E-state index contributed by atoms with van der Waals surface area (Å²) in [5.74, 6) is -0.119. The molecule has 0 aliphatic carbocycles. The molecule has 1 N–H and O–H groups in total. The molecule has 0 bridgehead atoms. The number of carboxylic acids is 1. The van der Waals surface area contributed by atoms with Gasteiger partial charge in [0.2, 0.25) is 0 Å². The molecule has 2 aromatic carbocycles. The van der Waals surface area contributed by atoms with Gasteiger partial charge in [-0.3, -0.25) is 0 Å². The van der Waals surface area contributed by atoms with Crippen molar-refractivity contribution in [1.82, 2.24) is 5.16 Å². The summed E-state index contributed by atoms with van der Waals surface area (Å²) in [6.07, 6.45) is 0. The van der Waals surface area contributed by atoms with Gasteiger partial charge in [0, 0.05) is 0 Å². The zero-order chi connectivity index (χ0) is 19.4. The zero-order valence-corrected chi connectivity index (χ0v) is 15.9. The SMILES string of the molecule is COc1cccc(-c2cc(C(=O)[As]c3ccc(C#N)cc3C(=O)O)no2)c1. The van der Waals surface area contributed by atoms with E-state index in [1.165, 1.54) is 24.3 Å². The molecule has 1 aromatic heterocycles. The molecule has 0 saturated carbocycles. The summed E-state index contributed by atoms with van der Waals surface area (Å²) < 4.78 is 10.5. The molecule has 7 nitrogen and oxygen atoms in total. The van der Waals surface area contributed by atoms with Crippen LogP contribution in [0.25, 0.3) is 11.3 Å². The number of benzene rings is 2. The molecule has 0 saturated heterocycles. The fourth-order valence-corrected chi connectivity index (χ4v) is 4.15. The number of carbonyl (C=O) groups is 2. The van der Waals surface area contributed by atoms with Gasteiger partial charge in [0.1, 0.15) is 0 Å². The van der Waals surface area contributed by atoms with E-state index in [1.54, 1.807) is 31.4 Å². The van der Waals surface area contributed by atoms with Gasteiger partial charge in [-0.15, -0.1) is 0 Å². The summed E-state index contributed by atoms with van der Waals surface area (Å²) >= 11 is -1.16. The van der Waals surface area contributed by atoms with Crippen LogP contribution in [-0.4, -0.2) is 43.7 Å². The molecule has 1 heterocycles. The zero-order valence-electron chi connectivity index (χ0n) is 14.0. The third-order valence-electron chi connectivity index (χ3n) is 3.66. The first-order valence-electron chi connectivity index (χ1n) is 7.66. The number of rotatable bonds is 6. The van der Waals surface area contributed by atoms with Crippen molar-refractivity contribution >= 4 is 30.6 Å². The van der Waals surface area contributed by atoms with Crippen molar-refractivity contribution < 1.29 is 24.0 Å². The van der Waals surface area contributed by atoms with Crippen LogP contribution in [0.3, 0.4) is 0 Å². The average Bonchev–Trinajstić information content (AvgIpc) is 3.18. The molecule has 27 heavy (non-hydrogen) atoms.